The van der Waals surface area contributed by atoms with E-state index < -0.39 is 48.9 Å². The van der Waals surface area contributed by atoms with Crippen molar-refractivity contribution in [2.24, 2.45) is 5.73 Å². The standard InChI is InChI=1S/C4H6N2O5S.C4H8N2O3S.CH4/c7-4-3(6(8)9)1-2-12(10,11)5-4;5-3-1-2-10(8,9)6-4(3)7;/h3H,1-2H2,(H,5,7);3H,1-2,5H2,(H,6,7);1H4. The summed E-state index contributed by atoms with van der Waals surface area (Å²) < 4.78 is 46.0. The van der Waals surface area contributed by atoms with Crippen molar-refractivity contribution in [3.8, 4) is 0 Å². The van der Waals surface area contributed by atoms with Gasteiger partial charge in [0.05, 0.1) is 17.5 Å². The molecule has 2 atom stereocenters. The number of nitrogens with zero attached hydrogens (tertiary/aromatic N) is 1. The van der Waals surface area contributed by atoms with Crippen LogP contribution in [0.1, 0.15) is 20.3 Å². The van der Waals surface area contributed by atoms with Crippen LogP contribution in [0.4, 0.5) is 0 Å². The fraction of sp³-hybridized carbons (Fsp3) is 0.778. The minimum atomic E-state index is -3.60. The molecule has 12 nitrogen and oxygen atoms in total. The van der Waals surface area contributed by atoms with Gasteiger partial charge in [-0.2, -0.15) is 0 Å². The maximum absolute atomic E-state index is 10.7. The van der Waals surface area contributed by atoms with Crippen LogP contribution in [0.3, 0.4) is 0 Å². The smallest absolute Gasteiger partial charge is 0.308 e. The van der Waals surface area contributed by atoms with Gasteiger partial charge in [-0.15, -0.1) is 0 Å². The van der Waals surface area contributed by atoms with Gasteiger partial charge in [0.2, 0.25) is 26.0 Å². The van der Waals surface area contributed by atoms with Gasteiger partial charge in [-0.05, 0) is 6.42 Å². The van der Waals surface area contributed by atoms with Crippen molar-refractivity contribution in [2.45, 2.75) is 32.4 Å². The van der Waals surface area contributed by atoms with E-state index in [2.05, 4.69) is 0 Å². The fourth-order valence-corrected chi connectivity index (χ4v) is 3.77. The number of nitrogens with two attached hydrogens (primary N) is 1. The van der Waals surface area contributed by atoms with Crippen LogP contribution in [0.25, 0.3) is 0 Å². The van der Waals surface area contributed by atoms with Crippen molar-refractivity contribution in [1.82, 2.24) is 9.44 Å². The van der Waals surface area contributed by atoms with Crippen molar-refractivity contribution in [1.29, 1.82) is 0 Å². The topological polar surface area (TPSA) is 196 Å². The third-order valence-electron chi connectivity index (χ3n) is 2.76. The molecule has 0 aliphatic carbocycles. The van der Waals surface area contributed by atoms with Crippen LogP contribution in [0, 0.1) is 10.1 Å². The van der Waals surface area contributed by atoms with Crippen LogP contribution in [0.2, 0.25) is 0 Å². The second-order valence-electron chi connectivity index (χ2n) is 4.56. The van der Waals surface area contributed by atoms with Gasteiger partial charge in [0.25, 0.3) is 6.04 Å². The molecular weight excluding hydrogens is 356 g/mol. The largest absolute Gasteiger partial charge is 0.320 e. The molecule has 0 bridgehead atoms. The van der Waals surface area contributed by atoms with Crippen molar-refractivity contribution >= 4 is 31.9 Å². The van der Waals surface area contributed by atoms with Gasteiger partial charge in [0.15, 0.2) is 0 Å². The molecule has 0 aromatic carbocycles. The first-order valence-corrected chi connectivity index (χ1v) is 9.22. The Balaban J connectivity index is 0.000000409. The Morgan fingerprint density at radius 1 is 1.00 bits per heavy atom. The van der Waals surface area contributed by atoms with E-state index in [1.165, 1.54) is 0 Å². The van der Waals surface area contributed by atoms with E-state index in [-0.39, 0.29) is 31.8 Å². The SMILES string of the molecule is C.NC1CCS(=O)(=O)NC1=O.O=C1NS(=O)(=O)CCC1[N+](=O)[O-]. The second-order valence-corrected chi connectivity index (χ2v) is 8.24. The van der Waals surface area contributed by atoms with Crippen LogP contribution < -0.4 is 15.2 Å². The molecule has 134 valence electrons. The Hall–Kier alpha value is -1.80. The van der Waals surface area contributed by atoms with Crippen LogP contribution in [-0.2, 0) is 29.6 Å². The zero-order valence-electron chi connectivity index (χ0n) is 11.1. The summed E-state index contributed by atoms with van der Waals surface area (Å²) in [5.41, 5.74) is 5.22. The molecule has 2 fully saturated rings. The molecule has 2 aliphatic heterocycles. The van der Waals surface area contributed by atoms with Crippen molar-refractivity contribution < 1.29 is 31.3 Å². The Bertz CT molecular complexity index is 686. The average molecular weight is 374 g/mol. The number of sulfonamides is 2. The van der Waals surface area contributed by atoms with Gasteiger partial charge in [0, 0.05) is 11.3 Å². The summed E-state index contributed by atoms with van der Waals surface area (Å²) in [4.78, 5) is 30.7. The lowest BCUT2D eigenvalue weighted by atomic mass is 10.2. The molecule has 2 amide bonds. The first kappa shape index (κ1) is 21.2. The van der Waals surface area contributed by atoms with Crippen molar-refractivity contribution in [3.63, 3.8) is 0 Å². The van der Waals surface area contributed by atoms with Crippen LogP contribution in [0.15, 0.2) is 0 Å². The Morgan fingerprint density at radius 2 is 1.43 bits per heavy atom. The average Bonchev–Trinajstić information content (AvgIpc) is 2.33. The third kappa shape index (κ3) is 6.45. The predicted octanol–water partition coefficient (Wildman–Crippen LogP) is -2.72. The number of carbonyl (C=O) groups is 2. The lowest BCUT2D eigenvalue weighted by molar-refractivity contribution is -0.508. The molecule has 14 heteroatoms. The molecule has 23 heavy (non-hydrogen) atoms. The van der Waals surface area contributed by atoms with Gasteiger partial charge in [0.1, 0.15) is 0 Å². The van der Waals surface area contributed by atoms with E-state index in [0.717, 1.165) is 0 Å². The molecule has 0 saturated carbocycles. The first-order valence-electron chi connectivity index (χ1n) is 5.91. The summed E-state index contributed by atoms with van der Waals surface area (Å²) in [6.45, 7) is 0. The molecule has 2 rings (SSSR count). The van der Waals surface area contributed by atoms with Crippen molar-refractivity contribution in [3.05, 3.63) is 10.1 Å². The quantitative estimate of drug-likeness (QED) is 0.322. The predicted molar refractivity (Wildman–Crippen MR) is 78.6 cm³/mol. The Labute approximate surface area is 133 Å². The second kappa shape index (κ2) is 7.65. The summed E-state index contributed by atoms with van der Waals surface area (Å²) in [5.74, 6) is -2.08. The van der Waals surface area contributed by atoms with Crippen LogP contribution in [0.5, 0.6) is 0 Å². The minimum absolute atomic E-state index is 0. The maximum Gasteiger partial charge on any atom is 0.308 e. The number of hydrogen-bond donors (Lipinski definition) is 3. The summed E-state index contributed by atoms with van der Waals surface area (Å²) in [7, 11) is -6.95. The molecule has 2 saturated heterocycles. The van der Waals surface area contributed by atoms with Gasteiger partial charge < -0.3 is 5.73 Å². The lowest BCUT2D eigenvalue weighted by Gasteiger charge is -2.17. The van der Waals surface area contributed by atoms with Crippen LogP contribution >= 0.6 is 0 Å². The highest BCUT2D eigenvalue weighted by molar-refractivity contribution is 7.90. The first-order chi connectivity index (χ1) is 9.93. The summed E-state index contributed by atoms with van der Waals surface area (Å²) in [5, 5.41) is 10.1. The minimum Gasteiger partial charge on any atom is -0.320 e. The highest BCUT2D eigenvalue weighted by Crippen LogP contribution is 2.07. The summed E-state index contributed by atoms with van der Waals surface area (Å²) in [6, 6.07) is -2.09. The number of amides is 2. The molecule has 2 heterocycles. The Kier molecular flexibility index (Phi) is 7.05. The van der Waals surface area contributed by atoms with Crippen molar-refractivity contribution in [2.75, 3.05) is 11.5 Å². The summed E-state index contributed by atoms with van der Waals surface area (Å²) >= 11 is 0. The summed E-state index contributed by atoms with van der Waals surface area (Å²) in [6.07, 6.45) is -0.0324. The number of carbonyl (C=O) groups excluding carboxylic acids is 2. The molecule has 0 aromatic rings. The highest BCUT2D eigenvalue weighted by atomic mass is 32.2. The fourth-order valence-electron chi connectivity index (χ4n) is 1.56. The Morgan fingerprint density at radius 3 is 1.78 bits per heavy atom. The number of nitrogens with one attached hydrogen (secondary N) is 2. The molecule has 0 spiro atoms. The molecule has 2 unspecified atom stereocenters. The number of rotatable bonds is 1. The van der Waals surface area contributed by atoms with Gasteiger partial charge in [-0.1, -0.05) is 7.43 Å². The van der Waals surface area contributed by atoms with E-state index in [9.17, 15) is 36.5 Å². The normalized spacial score (nSPS) is 28.0. The molecule has 0 aromatic heterocycles. The zero-order valence-corrected chi connectivity index (χ0v) is 12.7. The maximum atomic E-state index is 10.7. The molecule has 4 N–H and O–H groups in total. The molecule has 2 aliphatic rings. The zero-order chi connectivity index (χ0) is 17.1. The van der Waals surface area contributed by atoms with Crippen LogP contribution in [-0.4, -0.2) is 57.2 Å². The third-order valence-corrected chi connectivity index (χ3v) is 5.33. The van der Waals surface area contributed by atoms with E-state index in [4.69, 9.17) is 5.73 Å². The van der Waals surface area contributed by atoms with Gasteiger partial charge in [-0.3, -0.25) is 24.4 Å². The van der Waals surface area contributed by atoms with E-state index in [1.54, 1.807) is 4.72 Å². The highest BCUT2D eigenvalue weighted by Gasteiger charge is 2.38. The number of hydrogen-bond acceptors (Lipinski definition) is 9. The molecule has 0 radical (unpaired) electrons. The van der Waals surface area contributed by atoms with E-state index in [0.29, 0.717) is 0 Å². The molecular formula is C9H18N4O8S2. The van der Waals surface area contributed by atoms with E-state index in [1.807, 2.05) is 4.72 Å². The number of nitro groups is 1. The van der Waals surface area contributed by atoms with Gasteiger partial charge in [-0.25, -0.2) is 21.6 Å². The monoisotopic (exact) mass is 374 g/mol. The lowest BCUT2D eigenvalue weighted by Crippen LogP contribution is -2.49. The van der Waals surface area contributed by atoms with E-state index >= 15 is 0 Å². The van der Waals surface area contributed by atoms with Gasteiger partial charge >= 0.3 is 5.91 Å².